The van der Waals surface area contributed by atoms with Crippen LogP contribution in [-0.4, -0.2) is 22.8 Å². The van der Waals surface area contributed by atoms with Gasteiger partial charge in [0.1, 0.15) is 0 Å². The smallest absolute Gasteiger partial charge is 0.358 e. The molecule has 0 atom stereocenters. The molecule has 1 heterocycles. The first-order chi connectivity index (χ1) is 7.81. The second kappa shape index (κ2) is 5.14. The molecule has 1 aliphatic carbocycles. The SMILES string of the molecule is CCOC(=O)c1cc(C2CCCCC2)[nH]n1. The third kappa shape index (κ3) is 2.43. The molecule has 1 fully saturated rings. The minimum Gasteiger partial charge on any atom is -0.461 e. The van der Waals surface area contributed by atoms with Crippen molar-refractivity contribution in [1.82, 2.24) is 10.2 Å². The summed E-state index contributed by atoms with van der Waals surface area (Å²) < 4.78 is 4.91. The van der Waals surface area contributed by atoms with Gasteiger partial charge in [0.25, 0.3) is 0 Å². The van der Waals surface area contributed by atoms with E-state index in [9.17, 15) is 4.79 Å². The molecule has 0 bridgehead atoms. The van der Waals surface area contributed by atoms with E-state index >= 15 is 0 Å². The topological polar surface area (TPSA) is 55.0 Å². The van der Waals surface area contributed by atoms with Crippen LogP contribution in [0.15, 0.2) is 6.07 Å². The first-order valence-corrected chi connectivity index (χ1v) is 6.03. The van der Waals surface area contributed by atoms with Crippen molar-refractivity contribution in [1.29, 1.82) is 0 Å². The first-order valence-electron chi connectivity index (χ1n) is 6.03. The van der Waals surface area contributed by atoms with Gasteiger partial charge in [-0.05, 0) is 25.8 Å². The molecule has 88 valence electrons. The van der Waals surface area contributed by atoms with Crippen LogP contribution in [0, 0.1) is 0 Å². The number of hydrogen-bond acceptors (Lipinski definition) is 3. The number of aromatic amines is 1. The minimum absolute atomic E-state index is 0.333. The van der Waals surface area contributed by atoms with Crippen molar-refractivity contribution in [2.45, 2.75) is 44.9 Å². The molecule has 1 aromatic rings. The molecule has 4 heteroatoms. The Balaban J connectivity index is 2.03. The molecule has 1 saturated carbocycles. The zero-order chi connectivity index (χ0) is 11.4. The summed E-state index contributed by atoms with van der Waals surface area (Å²) in [6, 6.07) is 1.84. The summed E-state index contributed by atoms with van der Waals surface area (Å²) in [5, 5.41) is 6.97. The van der Waals surface area contributed by atoms with Crippen molar-refractivity contribution in [2.75, 3.05) is 6.61 Å². The summed E-state index contributed by atoms with van der Waals surface area (Å²) in [5.74, 6) is 0.213. The van der Waals surface area contributed by atoms with Gasteiger partial charge in [0.2, 0.25) is 0 Å². The Labute approximate surface area is 95.4 Å². The van der Waals surface area contributed by atoms with E-state index in [1.165, 1.54) is 32.1 Å². The van der Waals surface area contributed by atoms with Gasteiger partial charge in [-0.2, -0.15) is 5.10 Å². The van der Waals surface area contributed by atoms with Gasteiger partial charge >= 0.3 is 5.97 Å². The molecule has 0 saturated heterocycles. The summed E-state index contributed by atoms with van der Waals surface area (Å²) in [6.07, 6.45) is 6.28. The summed E-state index contributed by atoms with van der Waals surface area (Å²) in [4.78, 5) is 11.4. The lowest BCUT2D eigenvalue weighted by molar-refractivity contribution is 0.0519. The molecule has 1 N–H and O–H groups in total. The highest BCUT2D eigenvalue weighted by Crippen LogP contribution is 2.31. The minimum atomic E-state index is -0.333. The Morgan fingerprint density at radius 1 is 1.50 bits per heavy atom. The van der Waals surface area contributed by atoms with E-state index in [0.717, 1.165) is 5.69 Å². The van der Waals surface area contributed by atoms with Gasteiger partial charge in [0, 0.05) is 11.6 Å². The molecule has 0 amide bonds. The average Bonchev–Trinajstić information content (AvgIpc) is 2.80. The maximum absolute atomic E-state index is 11.4. The predicted molar refractivity (Wildman–Crippen MR) is 60.4 cm³/mol. The summed E-state index contributed by atoms with van der Waals surface area (Å²) in [6.45, 7) is 2.19. The number of nitrogens with zero attached hydrogens (tertiary/aromatic N) is 1. The fourth-order valence-corrected chi connectivity index (χ4v) is 2.27. The second-order valence-electron chi connectivity index (χ2n) is 4.26. The van der Waals surface area contributed by atoms with Gasteiger partial charge in [0.15, 0.2) is 5.69 Å². The quantitative estimate of drug-likeness (QED) is 0.800. The molecule has 16 heavy (non-hydrogen) atoms. The Morgan fingerprint density at radius 3 is 2.94 bits per heavy atom. The maximum Gasteiger partial charge on any atom is 0.358 e. The normalized spacial score (nSPS) is 17.3. The van der Waals surface area contributed by atoms with Crippen LogP contribution in [-0.2, 0) is 4.74 Å². The Hall–Kier alpha value is -1.32. The highest BCUT2D eigenvalue weighted by Gasteiger charge is 2.19. The van der Waals surface area contributed by atoms with Crippen LogP contribution >= 0.6 is 0 Å². The number of nitrogens with one attached hydrogen (secondary N) is 1. The largest absolute Gasteiger partial charge is 0.461 e. The third-order valence-electron chi connectivity index (χ3n) is 3.13. The van der Waals surface area contributed by atoms with Crippen LogP contribution < -0.4 is 0 Å². The number of H-pyrrole nitrogens is 1. The molecular formula is C12H18N2O2. The van der Waals surface area contributed by atoms with Gasteiger partial charge < -0.3 is 4.74 Å². The average molecular weight is 222 g/mol. The van der Waals surface area contributed by atoms with E-state index < -0.39 is 0 Å². The Kier molecular flexibility index (Phi) is 3.59. The summed E-state index contributed by atoms with van der Waals surface area (Å²) in [7, 11) is 0. The van der Waals surface area contributed by atoms with Crippen LogP contribution in [0.5, 0.6) is 0 Å². The number of carbonyl (C=O) groups is 1. The van der Waals surface area contributed by atoms with Gasteiger partial charge in [-0.3, -0.25) is 5.10 Å². The standard InChI is InChI=1S/C12H18N2O2/c1-2-16-12(15)11-8-10(13-14-11)9-6-4-3-5-7-9/h8-9H,2-7H2,1H3,(H,13,14). The van der Waals surface area contributed by atoms with E-state index in [4.69, 9.17) is 4.74 Å². The highest BCUT2D eigenvalue weighted by atomic mass is 16.5. The van der Waals surface area contributed by atoms with Crippen molar-refractivity contribution >= 4 is 5.97 Å². The predicted octanol–water partition coefficient (Wildman–Crippen LogP) is 2.63. The second-order valence-corrected chi connectivity index (χ2v) is 4.26. The van der Waals surface area contributed by atoms with Gasteiger partial charge in [-0.15, -0.1) is 0 Å². The van der Waals surface area contributed by atoms with Crippen molar-refractivity contribution < 1.29 is 9.53 Å². The highest BCUT2D eigenvalue weighted by molar-refractivity contribution is 5.87. The van der Waals surface area contributed by atoms with Crippen molar-refractivity contribution in [3.63, 3.8) is 0 Å². The van der Waals surface area contributed by atoms with Crippen LogP contribution in [0.4, 0.5) is 0 Å². The van der Waals surface area contributed by atoms with Crippen LogP contribution in [0.3, 0.4) is 0 Å². The monoisotopic (exact) mass is 222 g/mol. The lowest BCUT2D eigenvalue weighted by Gasteiger charge is -2.19. The molecule has 2 rings (SSSR count). The third-order valence-corrected chi connectivity index (χ3v) is 3.13. The van der Waals surface area contributed by atoms with Crippen LogP contribution in [0.2, 0.25) is 0 Å². The summed E-state index contributed by atoms with van der Waals surface area (Å²) >= 11 is 0. The summed E-state index contributed by atoms with van der Waals surface area (Å²) in [5.41, 5.74) is 1.49. The molecule has 4 nitrogen and oxygen atoms in total. The number of ether oxygens (including phenoxy) is 1. The molecule has 0 spiro atoms. The maximum atomic E-state index is 11.4. The van der Waals surface area contributed by atoms with Gasteiger partial charge in [-0.25, -0.2) is 4.79 Å². The zero-order valence-corrected chi connectivity index (χ0v) is 9.66. The van der Waals surface area contributed by atoms with Gasteiger partial charge in [0.05, 0.1) is 6.61 Å². The molecular weight excluding hydrogens is 204 g/mol. The molecule has 1 aromatic heterocycles. The van der Waals surface area contributed by atoms with E-state index in [1.807, 2.05) is 6.07 Å². The number of esters is 1. The van der Waals surface area contributed by atoms with Crippen molar-refractivity contribution in [3.05, 3.63) is 17.5 Å². The van der Waals surface area contributed by atoms with E-state index in [2.05, 4.69) is 10.2 Å². The van der Waals surface area contributed by atoms with Crippen molar-refractivity contribution in [2.24, 2.45) is 0 Å². The fraction of sp³-hybridized carbons (Fsp3) is 0.667. The zero-order valence-electron chi connectivity index (χ0n) is 9.66. The van der Waals surface area contributed by atoms with Crippen LogP contribution in [0.1, 0.15) is 61.1 Å². The molecule has 1 aliphatic rings. The number of rotatable bonds is 3. The molecule has 0 radical (unpaired) electrons. The lowest BCUT2D eigenvalue weighted by atomic mass is 9.87. The lowest BCUT2D eigenvalue weighted by Crippen LogP contribution is -2.05. The van der Waals surface area contributed by atoms with E-state index in [0.29, 0.717) is 18.2 Å². The van der Waals surface area contributed by atoms with E-state index in [-0.39, 0.29) is 5.97 Å². The number of carbonyl (C=O) groups excluding carboxylic acids is 1. The molecule has 0 aliphatic heterocycles. The molecule has 0 unspecified atom stereocenters. The number of hydrogen-bond donors (Lipinski definition) is 1. The fourth-order valence-electron chi connectivity index (χ4n) is 2.27. The van der Waals surface area contributed by atoms with E-state index in [1.54, 1.807) is 6.92 Å². The molecule has 0 aromatic carbocycles. The Bertz CT molecular complexity index is 354. The number of aromatic nitrogens is 2. The Morgan fingerprint density at radius 2 is 2.25 bits per heavy atom. The van der Waals surface area contributed by atoms with Crippen LogP contribution in [0.25, 0.3) is 0 Å². The van der Waals surface area contributed by atoms with Crippen molar-refractivity contribution in [3.8, 4) is 0 Å². The first kappa shape index (κ1) is 11.2. The van der Waals surface area contributed by atoms with Gasteiger partial charge in [-0.1, -0.05) is 19.3 Å².